The topological polar surface area (TPSA) is 92.7 Å². The first-order chi connectivity index (χ1) is 12.5. The summed E-state index contributed by atoms with van der Waals surface area (Å²) < 4.78 is 5.19. The number of hydrogen-bond donors (Lipinski definition) is 2. The Morgan fingerprint density at radius 2 is 2.00 bits per heavy atom. The number of aliphatic carboxylic acids is 1. The molecule has 7 heteroatoms. The number of carboxylic acids is 1. The minimum Gasteiger partial charge on any atom is -0.478 e. The van der Waals surface area contributed by atoms with E-state index in [0.717, 1.165) is 35.8 Å². The molecule has 1 aliphatic carbocycles. The van der Waals surface area contributed by atoms with Gasteiger partial charge in [-0.25, -0.2) is 9.59 Å². The monoisotopic (exact) mass is 393 g/mol. The van der Waals surface area contributed by atoms with Gasteiger partial charge in [0, 0.05) is 16.5 Å². The fourth-order valence-electron chi connectivity index (χ4n) is 3.24. The average molecular weight is 394 g/mol. The van der Waals surface area contributed by atoms with Crippen LogP contribution in [0.15, 0.2) is 11.6 Å². The Hall–Kier alpha value is -2.15. The lowest BCUT2D eigenvalue weighted by molar-refractivity contribution is -0.132. The molecule has 2 rings (SSSR count). The van der Waals surface area contributed by atoms with E-state index in [1.165, 1.54) is 18.3 Å². The summed E-state index contributed by atoms with van der Waals surface area (Å²) >= 11 is 1.39. The van der Waals surface area contributed by atoms with E-state index in [4.69, 9.17) is 9.84 Å². The first-order valence-electron chi connectivity index (χ1n) is 9.08. The molecule has 6 nitrogen and oxygen atoms in total. The van der Waals surface area contributed by atoms with Crippen LogP contribution in [0.25, 0.3) is 0 Å². The van der Waals surface area contributed by atoms with Crippen molar-refractivity contribution in [3.05, 3.63) is 27.7 Å². The van der Waals surface area contributed by atoms with Gasteiger partial charge < -0.3 is 15.2 Å². The molecule has 0 saturated heterocycles. The minimum absolute atomic E-state index is 0.0701. The normalized spacial score (nSPS) is 17.2. The number of anilines is 1. The van der Waals surface area contributed by atoms with Gasteiger partial charge in [0.2, 0.25) is 5.91 Å². The molecule has 0 aliphatic heterocycles. The number of nitrogens with one attached hydrogen (secondary N) is 1. The Labute approximate surface area is 163 Å². The summed E-state index contributed by atoms with van der Waals surface area (Å²) in [5, 5.41) is 12.1. The van der Waals surface area contributed by atoms with E-state index >= 15 is 0 Å². The number of carboxylic acid groups (broad SMARTS) is 1. The van der Waals surface area contributed by atoms with Crippen molar-refractivity contribution in [1.29, 1.82) is 0 Å². The maximum Gasteiger partial charge on any atom is 0.341 e. The quantitative estimate of drug-likeness (QED) is 0.582. The minimum atomic E-state index is -1.16. The number of hydrogen-bond acceptors (Lipinski definition) is 5. The Morgan fingerprint density at radius 1 is 1.33 bits per heavy atom. The molecule has 2 N–H and O–H groups in total. The Morgan fingerprint density at radius 3 is 2.56 bits per heavy atom. The van der Waals surface area contributed by atoms with E-state index in [1.54, 1.807) is 6.92 Å². The molecular weight excluding hydrogens is 366 g/mol. The van der Waals surface area contributed by atoms with E-state index in [2.05, 4.69) is 26.1 Å². The Bertz CT molecular complexity index is 785. The summed E-state index contributed by atoms with van der Waals surface area (Å²) in [7, 11) is 0. The molecule has 0 saturated carbocycles. The molecule has 1 aromatic rings. The number of ether oxygens (including phenoxy) is 1. The first-order valence-corrected chi connectivity index (χ1v) is 9.90. The van der Waals surface area contributed by atoms with Crippen LogP contribution in [0.1, 0.15) is 61.8 Å². The molecular formula is C20H27NO5S. The van der Waals surface area contributed by atoms with Crippen molar-refractivity contribution in [2.75, 3.05) is 11.9 Å². The van der Waals surface area contributed by atoms with Gasteiger partial charge in [-0.1, -0.05) is 20.8 Å². The van der Waals surface area contributed by atoms with Gasteiger partial charge >= 0.3 is 11.9 Å². The largest absolute Gasteiger partial charge is 0.478 e. The van der Waals surface area contributed by atoms with Gasteiger partial charge in [-0.2, -0.15) is 0 Å². The van der Waals surface area contributed by atoms with Crippen LogP contribution in [0.5, 0.6) is 0 Å². The van der Waals surface area contributed by atoms with E-state index in [9.17, 15) is 14.4 Å². The van der Waals surface area contributed by atoms with Gasteiger partial charge in [0.05, 0.1) is 12.2 Å². The van der Waals surface area contributed by atoms with E-state index in [1.807, 2.05) is 0 Å². The van der Waals surface area contributed by atoms with Crippen LogP contribution >= 0.6 is 11.3 Å². The van der Waals surface area contributed by atoms with Crippen molar-refractivity contribution in [1.82, 2.24) is 0 Å². The molecule has 1 aliphatic rings. The van der Waals surface area contributed by atoms with Gasteiger partial charge in [0.1, 0.15) is 5.00 Å². The van der Waals surface area contributed by atoms with Crippen molar-refractivity contribution in [3.63, 3.8) is 0 Å². The summed E-state index contributed by atoms with van der Waals surface area (Å²) in [5.74, 6) is -1.67. The van der Waals surface area contributed by atoms with Crippen molar-refractivity contribution in [2.45, 2.75) is 53.9 Å². The van der Waals surface area contributed by atoms with E-state index < -0.39 is 17.8 Å². The molecule has 1 amide bonds. The van der Waals surface area contributed by atoms with Crippen LogP contribution in [0, 0.1) is 11.3 Å². The number of rotatable bonds is 5. The third-order valence-corrected chi connectivity index (χ3v) is 6.06. The maximum absolute atomic E-state index is 12.5. The standard InChI is InChI=1S/C20H27NO5S/c1-6-26-19(25)16-13-8-7-12(20(3,4)5)10-14(13)27-17(16)21-15(22)9-11(2)18(23)24/h9,12H,6-8,10H2,1-5H3,(H,21,22)(H,23,24)/b11-9+. The zero-order chi connectivity index (χ0) is 20.4. The number of thiophene rings is 1. The molecule has 1 atom stereocenters. The Kier molecular flexibility index (Phi) is 6.46. The molecule has 0 bridgehead atoms. The van der Waals surface area contributed by atoms with Gasteiger partial charge in [-0.15, -0.1) is 11.3 Å². The van der Waals surface area contributed by atoms with Crippen molar-refractivity contribution in [3.8, 4) is 0 Å². The number of esters is 1. The lowest BCUT2D eigenvalue weighted by Crippen LogP contribution is -2.26. The van der Waals surface area contributed by atoms with Crippen LogP contribution in [-0.2, 0) is 27.2 Å². The molecule has 0 spiro atoms. The van der Waals surface area contributed by atoms with Crippen LogP contribution < -0.4 is 5.32 Å². The van der Waals surface area contributed by atoms with Crippen molar-refractivity contribution < 1.29 is 24.2 Å². The number of amides is 1. The third kappa shape index (κ3) is 4.97. The highest BCUT2D eigenvalue weighted by Gasteiger charge is 2.34. The number of carbonyl (C=O) groups excluding carboxylic acids is 2. The molecule has 0 radical (unpaired) electrons. The summed E-state index contributed by atoms with van der Waals surface area (Å²) in [6.45, 7) is 9.98. The first kappa shape index (κ1) is 21.2. The second-order valence-corrected chi connectivity index (χ2v) is 8.96. The van der Waals surface area contributed by atoms with Crippen molar-refractivity contribution >= 4 is 34.2 Å². The number of carbonyl (C=O) groups is 3. The summed E-state index contributed by atoms with van der Waals surface area (Å²) in [5.41, 5.74) is 1.46. The smallest absolute Gasteiger partial charge is 0.341 e. The Balaban J connectivity index is 2.38. The lowest BCUT2D eigenvalue weighted by atomic mass is 9.72. The SMILES string of the molecule is CCOC(=O)c1c(NC(=O)/C=C(\C)C(=O)O)sc2c1CCC(C(C)(C)C)C2. The third-order valence-electron chi connectivity index (χ3n) is 4.89. The highest BCUT2D eigenvalue weighted by atomic mass is 32.1. The van der Waals surface area contributed by atoms with E-state index in [-0.39, 0.29) is 17.6 Å². The highest BCUT2D eigenvalue weighted by Crippen LogP contribution is 2.44. The fourth-order valence-corrected chi connectivity index (χ4v) is 4.56. The van der Waals surface area contributed by atoms with Gasteiger partial charge in [-0.3, -0.25) is 4.79 Å². The summed E-state index contributed by atoms with van der Waals surface area (Å²) in [6.07, 6.45) is 3.62. The second kappa shape index (κ2) is 8.25. The maximum atomic E-state index is 12.5. The summed E-state index contributed by atoms with van der Waals surface area (Å²) in [4.78, 5) is 36.7. The molecule has 1 heterocycles. The van der Waals surface area contributed by atoms with Crippen LogP contribution in [0.3, 0.4) is 0 Å². The summed E-state index contributed by atoms with van der Waals surface area (Å²) in [6, 6.07) is 0. The molecule has 148 valence electrons. The van der Waals surface area contributed by atoms with Gasteiger partial charge in [-0.05, 0) is 50.0 Å². The lowest BCUT2D eigenvalue weighted by Gasteiger charge is -2.33. The molecule has 1 unspecified atom stereocenters. The fraction of sp³-hybridized carbons (Fsp3) is 0.550. The molecule has 1 aromatic heterocycles. The van der Waals surface area contributed by atoms with Crippen LogP contribution in [-0.4, -0.2) is 29.6 Å². The van der Waals surface area contributed by atoms with Crippen molar-refractivity contribution in [2.24, 2.45) is 11.3 Å². The average Bonchev–Trinajstić information content (AvgIpc) is 2.90. The van der Waals surface area contributed by atoms with E-state index in [0.29, 0.717) is 16.5 Å². The molecule has 0 fully saturated rings. The van der Waals surface area contributed by atoms with Gasteiger partial charge in [0.25, 0.3) is 0 Å². The predicted molar refractivity (Wildman–Crippen MR) is 105 cm³/mol. The molecule has 0 aromatic carbocycles. The number of fused-ring (bicyclic) bond motifs is 1. The second-order valence-electron chi connectivity index (χ2n) is 7.86. The zero-order valence-corrected chi connectivity index (χ0v) is 17.3. The predicted octanol–water partition coefficient (Wildman–Crippen LogP) is 4.05. The van der Waals surface area contributed by atoms with Crippen LogP contribution in [0.4, 0.5) is 5.00 Å². The highest BCUT2D eigenvalue weighted by molar-refractivity contribution is 7.17. The van der Waals surface area contributed by atoms with Gasteiger partial charge in [0.15, 0.2) is 0 Å². The zero-order valence-electron chi connectivity index (χ0n) is 16.5. The van der Waals surface area contributed by atoms with Crippen LogP contribution in [0.2, 0.25) is 0 Å². The molecule has 27 heavy (non-hydrogen) atoms.